The molecule has 1 N–H and O–H groups in total. The number of fused-ring (bicyclic) bond motifs is 2. The Morgan fingerprint density at radius 3 is 2.76 bits per heavy atom. The zero-order chi connectivity index (χ0) is 23.4. The van der Waals surface area contributed by atoms with Gasteiger partial charge < -0.3 is 9.64 Å². The topological polar surface area (TPSA) is 58.5 Å². The van der Waals surface area contributed by atoms with Crippen LogP contribution in [0, 0.1) is 0 Å². The summed E-state index contributed by atoms with van der Waals surface area (Å²) in [6.45, 7) is 14.3. The molecule has 0 amide bonds. The van der Waals surface area contributed by atoms with E-state index in [0.717, 1.165) is 30.2 Å². The summed E-state index contributed by atoms with van der Waals surface area (Å²) < 4.78 is 7.70. The molecule has 0 saturated heterocycles. The number of aromatic amines is 1. The minimum atomic E-state index is 0.366. The van der Waals surface area contributed by atoms with Crippen molar-refractivity contribution in [3.05, 3.63) is 53.0 Å². The number of aromatic nitrogens is 4. The Labute approximate surface area is 201 Å². The monoisotopic (exact) mass is 465 g/mol. The van der Waals surface area contributed by atoms with E-state index in [-0.39, 0.29) is 0 Å². The maximum atomic E-state index is 5.76. The molecule has 1 aliphatic rings. The predicted molar refractivity (Wildman–Crippen MR) is 138 cm³/mol. The second kappa shape index (κ2) is 10.5. The standard InChI is InChI=1S/C26H35N5OS/c1-6-9-10-11-16-30-21-14-12-19(32-8-3)17-22(21)33-24(30)15-13-20-25(18(4)5)29-31-23(7-2)27-28-26(20)31/h7,12,14-15,17-18,29H,2,6,8-11,13,16H2,1,3-5H3. The summed E-state index contributed by atoms with van der Waals surface area (Å²) in [4.78, 5) is 3.74. The van der Waals surface area contributed by atoms with Crippen molar-refractivity contribution in [3.63, 3.8) is 0 Å². The summed E-state index contributed by atoms with van der Waals surface area (Å²) in [6.07, 6.45) is 9.87. The lowest BCUT2D eigenvalue weighted by atomic mass is 10.0. The van der Waals surface area contributed by atoms with Gasteiger partial charge in [0.25, 0.3) is 0 Å². The van der Waals surface area contributed by atoms with Gasteiger partial charge in [0.1, 0.15) is 5.75 Å². The Hall–Kier alpha value is -2.67. The highest BCUT2D eigenvalue weighted by Gasteiger charge is 2.26. The number of anilines is 1. The van der Waals surface area contributed by atoms with Crippen molar-refractivity contribution in [2.45, 2.75) is 70.6 Å². The van der Waals surface area contributed by atoms with Crippen LogP contribution in [0.25, 0.3) is 11.7 Å². The molecule has 1 aromatic carbocycles. The van der Waals surface area contributed by atoms with Gasteiger partial charge in [0.15, 0.2) is 11.5 Å². The summed E-state index contributed by atoms with van der Waals surface area (Å²) in [5, 5.41) is 13.5. The van der Waals surface area contributed by atoms with Crippen molar-refractivity contribution in [2.24, 2.45) is 0 Å². The van der Waals surface area contributed by atoms with Gasteiger partial charge >= 0.3 is 0 Å². The van der Waals surface area contributed by atoms with Gasteiger partial charge in [-0.1, -0.05) is 58.4 Å². The molecule has 1 aliphatic heterocycles. The molecule has 176 valence electrons. The Balaban J connectivity index is 1.64. The van der Waals surface area contributed by atoms with Gasteiger partial charge in [-0.15, -0.1) is 10.2 Å². The fourth-order valence-electron chi connectivity index (χ4n) is 4.33. The Morgan fingerprint density at radius 1 is 1.18 bits per heavy atom. The average molecular weight is 466 g/mol. The lowest BCUT2D eigenvalue weighted by Crippen LogP contribution is -2.19. The van der Waals surface area contributed by atoms with Crippen LogP contribution in [0.4, 0.5) is 5.69 Å². The van der Waals surface area contributed by atoms with Gasteiger partial charge in [-0.3, -0.25) is 5.10 Å². The molecule has 0 spiro atoms. The van der Waals surface area contributed by atoms with E-state index in [1.54, 1.807) is 6.08 Å². The first-order valence-electron chi connectivity index (χ1n) is 12.1. The van der Waals surface area contributed by atoms with E-state index in [0.29, 0.717) is 12.5 Å². The highest BCUT2D eigenvalue weighted by molar-refractivity contribution is 8.03. The van der Waals surface area contributed by atoms with E-state index in [2.05, 4.69) is 71.8 Å². The summed E-state index contributed by atoms with van der Waals surface area (Å²) in [7, 11) is 0. The highest BCUT2D eigenvalue weighted by Crippen LogP contribution is 2.47. The van der Waals surface area contributed by atoms with Crippen molar-refractivity contribution in [3.8, 4) is 5.75 Å². The molecule has 0 radical (unpaired) electrons. The smallest absolute Gasteiger partial charge is 0.181 e. The van der Waals surface area contributed by atoms with Gasteiger partial charge in [0, 0.05) is 22.7 Å². The molecule has 0 unspecified atom stereocenters. The summed E-state index contributed by atoms with van der Waals surface area (Å²) in [5.41, 5.74) is 4.58. The number of rotatable bonds is 11. The maximum Gasteiger partial charge on any atom is 0.181 e. The third-order valence-corrected chi connectivity index (χ3v) is 7.15. The van der Waals surface area contributed by atoms with Crippen LogP contribution in [0.1, 0.15) is 76.4 Å². The number of nitrogens with one attached hydrogen (secondary N) is 1. The van der Waals surface area contributed by atoms with Crippen molar-refractivity contribution in [2.75, 3.05) is 18.1 Å². The van der Waals surface area contributed by atoms with E-state index in [1.807, 2.05) is 23.2 Å². The molecule has 3 heterocycles. The number of benzene rings is 1. The molecular weight excluding hydrogens is 430 g/mol. The third-order valence-electron chi connectivity index (χ3n) is 6.01. The number of H-pyrrole nitrogens is 1. The van der Waals surface area contributed by atoms with Crippen LogP contribution in [-0.2, 0) is 6.42 Å². The first kappa shape index (κ1) is 23.5. The predicted octanol–water partition coefficient (Wildman–Crippen LogP) is 6.80. The van der Waals surface area contributed by atoms with Crippen molar-refractivity contribution >= 4 is 29.2 Å². The molecule has 0 aliphatic carbocycles. The minimum absolute atomic E-state index is 0.366. The fourth-order valence-corrected chi connectivity index (χ4v) is 5.48. The average Bonchev–Trinajstić information content (AvgIpc) is 3.47. The molecule has 0 bridgehead atoms. The number of hydrogen-bond donors (Lipinski definition) is 1. The number of thioether (sulfide) groups is 1. The molecule has 4 rings (SSSR count). The SMILES string of the molecule is C=Cc1nnc2c(CC=C3Sc4cc(OCC)ccc4N3CCCCCC)c(C(C)C)[nH]n12. The van der Waals surface area contributed by atoms with E-state index >= 15 is 0 Å². The van der Waals surface area contributed by atoms with Crippen molar-refractivity contribution in [1.29, 1.82) is 0 Å². The number of hydrogen-bond acceptors (Lipinski definition) is 5. The van der Waals surface area contributed by atoms with Gasteiger partial charge in [-0.2, -0.15) is 0 Å². The van der Waals surface area contributed by atoms with Gasteiger partial charge in [0.05, 0.1) is 17.3 Å². The molecule has 33 heavy (non-hydrogen) atoms. The molecule has 7 heteroatoms. The number of ether oxygens (including phenoxy) is 1. The van der Waals surface area contributed by atoms with Crippen LogP contribution in [0.3, 0.4) is 0 Å². The Morgan fingerprint density at radius 2 is 2.03 bits per heavy atom. The van der Waals surface area contributed by atoms with Gasteiger partial charge in [-0.25, -0.2) is 4.52 Å². The van der Waals surface area contributed by atoms with Crippen LogP contribution in [0.5, 0.6) is 5.75 Å². The molecule has 3 aromatic rings. The Kier molecular flexibility index (Phi) is 7.48. The van der Waals surface area contributed by atoms with Crippen LogP contribution in [0.15, 0.2) is 40.8 Å². The quantitative estimate of drug-likeness (QED) is 0.316. The zero-order valence-electron chi connectivity index (χ0n) is 20.2. The normalized spacial score (nSPS) is 14.6. The second-order valence-electron chi connectivity index (χ2n) is 8.70. The summed E-state index contributed by atoms with van der Waals surface area (Å²) in [5.74, 6) is 2.05. The summed E-state index contributed by atoms with van der Waals surface area (Å²) in [6, 6.07) is 6.47. The first-order valence-corrected chi connectivity index (χ1v) is 12.9. The molecule has 0 fully saturated rings. The van der Waals surface area contributed by atoms with Crippen LogP contribution in [0.2, 0.25) is 0 Å². The van der Waals surface area contributed by atoms with Crippen LogP contribution < -0.4 is 9.64 Å². The first-order chi connectivity index (χ1) is 16.1. The molecule has 0 atom stereocenters. The fraction of sp³-hybridized carbons (Fsp3) is 0.462. The van der Waals surface area contributed by atoms with E-state index in [9.17, 15) is 0 Å². The maximum absolute atomic E-state index is 5.76. The molecule has 0 saturated carbocycles. The van der Waals surface area contributed by atoms with Crippen LogP contribution in [-0.4, -0.2) is 33.0 Å². The largest absolute Gasteiger partial charge is 0.494 e. The highest BCUT2D eigenvalue weighted by atomic mass is 32.2. The third kappa shape index (κ3) is 4.83. The van der Waals surface area contributed by atoms with Gasteiger partial charge in [-0.05, 0) is 56.0 Å². The number of allylic oxidation sites excluding steroid dienone is 1. The van der Waals surface area contributed by atoms with Crippen molar-refractivity contribution in [1.82, 2.24) is 19.8 Å². The number of nitrogens with zero attached hydrogens (tertiary/aromatic N) is 4. The second-order valence-corrected chi connectivity index (χ2v) is 9.77. The lowest BCUT2D eigenvalue weighted by molar-refractivity contribution is 0.339. The zero-order valence-corrected chi connectivity index (χ0v) is 21.0. The molecular formula is C26H35N5OS. The van der Waals surface area contributed by atoms with E-state index in [1.165, 1.54) is 52.6 Å². The van der Waals surface area contributed by atoms with Crippen molar-refractivity contribution < 1.29 is 4.74 Å². The lowest BCUT2D eigenvalue weighted by Gasteiger charge is -2.21. The minimum Gasteiger partial charge on any atom is -0.494 e. The Bertz CT molecular complexity index is 1140. The van der Waals surface area contributed by atoms with E-state index in [4.69, 9.17) is 4.74 Å². The summed E-state index contributed by atoms with van der Waals surface area (Å²) >= 11 is 1.84. The van der Waals surface area contributed by atoms with Crippen LogP contribution >= 0.6 is 11.8 Å². The van der Waals surface area contributed by atoms with Gasteiger partial charge in [0.2, 0.25) is 0 Å². The van der Waals surface area contributed by atoms with E-state index < -0.39 is 0 Å². The molecule has 6 nitrogen and oxygen atoms in total. The number of unbranched alkanes of at least 4 members (excludes halogenated alkanes) is 3. The molecule has 2 aromatic heterocycles.